The number of carbonyl (C=O) groups is 1. The fourth-order valence-electron chi connectivity index (χ4n) is 1.58. The number of rotatable bonds is 5. The topological polar surface area (TPSA) is 17.1 Å². The number of hydrogen-bond donors (Lipinski definition) is 0. The van der Waals surface area contributed by atoms with Crippen LogP contribution in [0.5, 0.6) is 0 Å². The van der Waals surface area contributed by atoms with Crippen molar-refractivity contribution < 1.29 is 4.79 Å². The summed E-state index contributed by atoms with van der Waals surface area (Å²) in [7, 11) is 0. The fourth-order valence-corrected chi connectivity index (χ4v) is 2.96. The van der Waals surface area contributed by atoms with E-state index >= 15 is 0 Å². The molecule has 2 rings (SSSR count). The zero-order valence-corrected chi connectivity index (χ0v) is 14.7. The second-order valence-electron chi connectivity index (χ2n) is 4.08. The van der Waals surface area contributed by atoms with Crippen LogP contribution in [-0.4, -0.2) is 11.5 Å². The normalized spacial score (nSPS) is 10.4. The minimum atomic E-state index is 0.258. The highest BCUT2D eigenvalue weighted by atomic mass is 127. The van der Waals surface area contributed by atoms with Gasteiger partial charge in [-0.2, -0.15) is 0 Å². The second-order valence-corrected chi connectivity index (χ2v) is 7.29. The Labute approximate surface area is 139 Å². The number of halogens is 2. The molecule has 0 spiro atoms. The van der Waals surface area contributed by atoms with Crippen LogP contribution in [0.3, 0.4) is 0 Å². The van der Waals surface area contributed by atoms with Gasteiger partial charge in [-0.3, -0.25) is 4.79 Å². The molecule has 2 aromatic rings. The standard InChI is InChI=1S/C15H12BrIOS/c16-12-3-7-15(8-4-12)19-10-14(18)9-11-1-5-13(17)6-2-11/h1-8H,9-10H2. The predicted molar refractivity (Wildman–Crippen MR) is 92.7 cm³/mol. The number of hydrogen-bond acceptors (Lipinski definition) is 2. The summed E-state index contributed by atoms with van der Waals surface area (Å²) in [6.07, 6.45) is 0.514. The second kappa shape index (κ2) is 7.45. The molecule has 0 amide bonds. The number of carbonyl (C=O) groups excluding carboxylic acids is 1. The molecule has 0 radical (unpaired) electrons. The largest absolute Gasteiger partial charge is 0.298 e. The average molecular weight is 447 g/mol. The van der Waals surface area contributed by atoms with Crippen LogP contribution in [0.1, 0.15) is 5.56 Å². The lowest BCUT2D eigenvalue weighted by Gasteiger charge is -2.03. The SMILES string of the molecule is O=C(CSc1ccc(Br)cc1)Cc1ccc(I)cc1. The van der Waals surface area contributed by atoms with Gasteiger partial charge >= 0.3 is 0 Å². The lowest BCUT2D eigenvalue weighted by molar-refractivity contribution is -0.116. The van der Waals surface area contributed by atoms with Crippen molar-refractivity contribution in [2.75, 3.05) is 5.75 Å². The highest BCUT2D eigenvalue weighted by Gasteiger charge is 2.05. The van der Waals surface area contributed by atoms with E-state index < -0.39 is 0 Å². The van der Waals surface area contributed by atoms with Gasteiger partial charge < -0.3 is 0 Å². The van der Waals surface area contributed by atoms with Gasteiger partial charge in [-0.15, -0.1) is 11.8 Å². The predicted octanol–water partition coefficient (Wildman–Crippen LogP) is 4.96. The molecule has 98 valence electrons. The van der Waals surface area contributed by atoms with E-state index in [0.29, 0.717) is 12.2 Å². The minimum Gasteiger partial charge on any atom is -0.298 e. The molecule has 0 saturated carbocycles. The van der Waals surface area contributed by atoms with Crippen molar-refractivity contribution in [1.82, 2.24) is 0 Å². The van der Waals surface area contributed by atoms with Crippen molar-refractivity contribution in [3.05, 3.63) is 62.1 Å². The molecule has 0 N–H and O–H groups in total. The van der Waals surface area contributed by atoms with E-state index in [-0.39, 0.29) is 5.78 Å². The first-order chi connectivity index (χ1) is 9.13. The first-order valence-electron chi connectivity index (χ1n) is 5.78. The zero-order valence-electron chi connectivity index (χ0n) is 10.1. The van der Waals surface area contributed by atoms with Crippen LogP contribution in [0.25, 0.3) is 0 Å². The first kappa shape index (κ1) is 15.1. The molecule has 0 aliphatic rings. The third-order valence-electron chi connectivity index (χ3n) is 2.53. The molecule has 4 heteroatoms. The summed E-state index contributed by atoms with van der Waals surface area (Å²) in [5.41, 5.74) is 1.09. The molecular formula is C15H12BrIOS. The molecule has 0 bridgehead atoms. The van der Waals surface area contributed by atoms with E-state index in [2.05, 4.69) is 38.5 Å². The third-order valence-corrected chi connectivity index (χ3v) is 4.85. The smallest absolute Gasteiger partial charge is 0.147 e. The van der Waals surface area contributed by atoms with Crippen LogP contribution in [0.15, 0.2) is 57.9 Å². The van der Waals surface area contributed by atoms with E-state index in [4.69, 9.17) is 0 Å². The highest BCUT2D eigenvalue weighted by molar-refractivity contribution is 14.1. The quantitative estimate of drug-likeness (QED) is 0.477. The van der Waals surface area contributed by atoms with Gasteiger partial charge in [0.2, 0.25) is 0 Å². The van der Waals surface area contributed by atoms with Crippen LogP contribution < -0.4 is 0 Å². The van der Waals surface area contributed by atoms with Crippen molar-refractivity contribution in [2.24, 2.45) is 0 Å². The minimum absolute atomic E-state index is 0.258. The number of thioether (sulfide) groups is 1. The lowest BCUT2D eigenvalue weighted by Crippen LogP contribution is -2.05. The summed E-state index contributed by atoms with van der Waals surface area (Å²) < 4.78 is 2.25. The molecule has 0 aromatic heterocycles. The number of ketones is 1. The zero-order chi connectivity index (χ0) is 13.7. The van der Waals surface area contributed by atoms with Gasteiger partial charge in [0.05, 0.1) is 5.75 Å². The molecule has 0 aliphatic carbocycles. The molecule has 19 heavy (non-hydrogen) atoms. The molecule has 0 fully saturated rings. The summed E-state index contributed by atoms with van der Waals surface area (Å²) in [6.45, 7) is 0. The first-order valence-corrected chi connectivity index (χ1v) is 8.64. The summed E-state index contributed by atoms with van der Waals surface area (Å²) >= 11 is 7.25. The molecule has 0 heterocycles. The maximum absolute atomic E-state index is 11.9. The summed E-state index contributed by atoms with van der Waals surface area (Å²) in [6, 6.07) is 16.1. The van der Waals surface area contributed by atoms with E-state index in [0.717, 1.165) is 14.9 Å². The van der Waals surface area contributed by atoms with E-state index in [1.807, 2.05) is 48.5 Å². The van der Waals surface area contributed by atoms with Gasteiger partial charge in [-0.05, 0) is 64.6 Å². The van der Waals surface area contributed by atoms with Crippen molar-refractivity contribution >= 4 is 56.1 Å². The maximum Gasteiger partial charge on any atom is 0.147 e. The Bertz CT molecular complexity index is 551. The Morgan fingerprint density at radius 2 is 1.68 bits per heavy atom. The molecule has 0 saturated heterocycles. The summed E-state index contributed by atoms with van der Waals surface area (Å²) in [5, 5.41) is 0. The molecule has 2 aromatic carbocycles. The Hall–Kier alpha value is -0.330. The van der Waals surface area contributed by atoms with Gasteiger partial charge in [0.25, 0.3) is 0 Å². The van der Waals surface area contributed by atoms with Crippen LogP contribution in [0.2, 0.25) is 0 Å². The van der Waals surface area contributed by atoms with Gasteiger partial charge in [0, 0.05) is 19.4 Å². The van der Waals surface area contributed by atoms with Crippen LogP contribution >= 0.6 is 50.3 Å². The number of Topliss-reactive ketones (excluding diaryl/α,β-unsaturated/α-hetero) is 1. The number of benzene rings is 2. The molecule has 1 nitrogen and oxygen atoms in total. The Kier molecular flexibility index (Phi) is 5.91. The average Bonchev–Trinajstić information content (AvgIpc) is 2.41. The molecule has 0 atom stereocenters. The van der Waals surface area contributed by atoms with E-state index in [1.54, 1.807) is 11.8 Å². The molecular weight excluding hydrogens is 435 g/mol. The highest BCUT2D eigenvalue weighted by Crippen LogP contribution is 2.21. The van der Waals surface area contributed by atoms with Crippen molar-refractivity contribution in [1.29, 1.82) is 0 Å². The van der Waals surface area contributed by atoms with E-state index in [9.17, 15) is 4.79 Å². The fraction of sp³-hybridized carbons (Fsp3) is 0.133. The Balaban J connectivity index is 1.84. The van der Waals surface area contributed by atoms with Crippen molar-refractivity contribution in [3.8, 4) is 0 Å². The van der Waals surface area contributed by atoms with Crippen LogP contribution in [0, 0.1) is 3.57 Å². The molecule has 0 unspecified atom stereocenters. The summed E-state index contributed by atoms with van der Waals surface area (Å²) in [4.78, 5) is 13.0. The Morgan fingerprint density at radius 3 is 2.32 bits per heavy atom. The Morgan fingerprint density at radius 1 is 1.05 bits per heavy atom. The van der Waals surface area contributed by atoms with Crippen molar-refractivity contribution in [3.63, 3.8) is 0 Å². The van der Waals surface area contributed by atoms with Crippen LogP contribution in [-0.2, 0) is 11.2 Å². The maximum atomic E-state index is 11.9. The third kappa shape index (κ3) is 5.28. The van der Waals surface area contributed by atoms with Gasteiger partial charge in [-0.1, -0.05) is 28.1 Å². The summed E-state index contributed by atoms with van der Waals surface area (Å²) in [5.74, 6) is 0.780. The van der Waals surface area contributed by atoms with Gasteiger partial charge in [0.1, 0.15) is 5.78 Å². The lowest BCUT2D eigenvalue weighted by atomic mass is 10.1. The van der Waals surface area contributed by atoms with Gasteiger partial charge in [0.15, 0.2) is 0 Å². The molecule has 0 aliphatic heterocycles. The van der Waals surface area contributed by atoms with E-state index in [1.165, 1.54) is 3.57 Å². The van der Waals surface area contributed by atoms with Gasteiger partial charge in [-0.25, -0.2) is 0 Å². The van der Waals surface area contributed by atoms with Crippen LogP contribution in [0.4, 0.5) is 0 Å². The van der Waals surface area contributed by atoms with Crippen molar-refractivity contribution in [2.45, 2.75) is 11.3 Å². The monoisotopic (exact) mass is 446 g/mol.